The lowest BCUT2D eigenvalue weighted by molar-refractivity contribution is 0.242. The van der Waals surface area contributed by atoms with Crippen LogP contribution in [0.4, 0.5) is 0 Å². The Labute approximate surface area is 124 Å². The van der Waals surface area contributed by atoms with E-state index < -0.39 is 0 Å². The van der Waals surface area contributed by atoms with E-state index in [2.05, 4.69) is 49.7 Å². The maximum atomic E-state index is 5.91. The molecule has 0 fully saturated rings. The summed E-state index contributed by atoms with van der Waals surface area (Å²) in [6.07, 6.45) is 0. The molecule has 0 radical (unpaired) electrons. The van der Waals surface area contributed by atoms with E-state index >= 15 is 0 Å². The van der Waals surface area contributed by atoms with E-state index in [4.69, 9.17) is 5.73 Å². The van der Waals surface area contributed by atoms with E-state index in [0.717, 1.165) is 21.7 Å². The van der Waals surface area contributed by atoms with Crippen molar-refractivity contribution in [3.63, 3.8) is 0 Å². The molecule has 0 aromatic carbocycles. The highest BCUT2D eigenvalue weighted by molar-refractivity contribution is 9.10. The first kappa shape index (κ1) is 14.1. The topological polar surface area (TPSA) is 42.2 Å². The van der Waals surface area contributed by atoms with Crippen molar-refractivity contribution >= 4 is 38.6 Å². The lowest BCUT2D eigenvalue weighted by atomic mass is 10.2. The zero-order valence-corrected chi connectivity index (χ0v) is 13.6. The lowest BCUT2D eigenvalue weighted by Gasteiger charge is -2.25. The molecule has 98 valence electrons. The third kappa shape index (κ3) is 3.39. The van der Waals surface area contributed by atoms with Crippen LogP contribution >= 0.6 is 38.6 Å². The van der Waals surface area contributed by atoms with Crippen molar-refractivity contribution in [1.29, 1.82) is 0 Å². The second-order valence-corrected chi connectivity index (χ2v) is 7.11. The Hall–Kier alpha value is -0.270. The van der Waals surface area contributed by atoms with Crippen LogP contribution in [0.3, 0.4) is 0 Å². The summed E-state index contributed by atoms with van der Waals surface area (Å²) in [6.45, 7) is 3.49. The van der Waals surface area contributed by atoms with Gasteiger partial charge in [-0.25, -0.2) is 4.98 Å². The van der Waals surface area contributed by atoms with Crippen LogP contribution in [-0.2, 0) is 6.54 Å². The van der Waals surface area contributed by atoms with Gasteiger partial charge in [0.15, 0.2) is 0 Å². The molecule has 0 spiro atoms. The molecule has 0 saturated heterocycles. The molecule has 2 N–H and O–H groups in total. The molecule has 6 heteroatoms. The average molecular weight is 346 g/mol. The number of rotatable bonds is 5. The summed E-state index contributed by atoms with van der Waals surface area (Å²) >= 11 is 6.92. The highest BCUT2D eigenvalue weighted by atomic mass is 79.9. The Balaban J connectivity index is 2.08. The van der Waals surface area contributed by atoms with Gasteiger partial charge in [-0.2, -0.15) is 0 Å². The molecule has 1 unspecified atom stereocenters. The van der Waals surface area contributed by atoms with Crippen molar-refractivity contribution in [2.45, 2.75) is 19.5 Å². The van der Waals surface area contributed by atoms with Crippen molar-refractivity contribution in [3.05, 3.63) is 36.9 Å². The Morgan fingerprint density at radius 1 is 1.44 bits per heavy atom. The highest BCUT2D eigenvalue weighted by Crippen LogP contribution is 2.29. The zero-order chi connectivity index (χ0) is 13.1. The molecule has 0 amide bonds. The van der Waals surface area contributed by atoms with Gasteiger partial charge in [-0.05, 0) is 36.0 Å². The van der Waals surface area contributed by atoms with Crippen molar-refractivity contribution < 1.29 is 0 Å². The molecule has 2 aromatic rings. The number of aryl methyl sites for hydroxylation is 1. The Morgan fingerprint density at radius 2 is 2.22 bits per heavy atom. The molecular formula is C12H16BrN3S2. The minimum atomic E-state index is 0.253. The van der Waals surface area contributed by atoms with Gasteiger partial charge in [0.05, 0.1) is 16.7 Å². The summed E-state index contributed by atoms with van der Waals surface area (Å²) < 4.78 is 1.12. The Kier molecular flexibility index (Phi) is 4.91. The predicted molar refractivity (Wildman–Crippen MR) is 82.1 cm³/mol. The fraction of sp³-hybridized carbons (Fsp3) is 0.417. The lowest BCUT2D eigenvalue weighted by Crippen LogP contribution is -2.29. The minimum Gasteiger partial charge on any atom is -0.329 e. The average Bonchev–Trinajstić information content (AvgIpc) is 2.89. The van der Waals surface area contributed by atoms with E-state index in [-0.39, 0.29) is 6.04 Å². The Morgan fingerprint density at radius 3 is 2.72 bits per heavy atom. The van der Waals surface area contributed by atoms with Crippen molar-refractivity contribution in [3.8, 4) is 0 Å². The van der Waals surface area contributed by atoms with Gasteiger partial charge in [-0.1, -0.05) is 0 Å². The number of hydrogen-bond donors (Lipinski definition) is 1. The number of halogens is 1. The molecule has 2 rings (SSSR count). The highest BCUT2D eigenvalue weighted by Gasteiger charge is 2.18. The molecule has 0 bridgehead atoms. The monoisotopic (exact) mass is 345 g/mol. The fourth-order valence-electron chi connectivity index (χ4n) is 1.86. The Bertz CT molecular complexity index is 509. The van der Waals surface area contributed by atoms with Gasteiger partial charge in [0, 0.05) is 33.2 Å². The predicted octanol–water partition coefficient (Wildman–Crippen LogP) is 3.41. The van der Waals surface area contributed by atoms with E-state index in [1.807, 2.05) is 6.92 Å². The number of aromatic nitrogens is 1. The summed E-state index contributed by atoms with van der Waals surface area (Å²) in [4.78, 5) is 8.04. The normalized spacial score (nSPS) is 13.2. The van der Waals surface area contributed by atoms with Gasteiger partial charge in [-0.15, -0.1) is 22.7 Å². The smallest absolute Gasteiger partial charge is 0.0897 e. The van der Waals surface area contributed by atoms with Crippen molar-refractivity contribution in [1.82, 2.24) is 9.88 Å². The van der Waals surface area contributed by atoms with E-state index in [9.17, 15) is 0 Å². The maximum Gasteiger partial charge on any atom is 0.0897 e. The number of thiophene rings is 1. The molecule has 2 aromatic heterocycles. The van der Waals surface area contributed by atoms with Gasteiger partial charge in [-0.3, -0.25) is 4.90 Å². The zero-order valence-electron chi connectivity index (χ0n) is 10.4. The summed E-state index contributed by atoms with van der Waals surface area (Å²) in [5.74, 6) is 0. The SMILES string of the molecule is Cc1nc(CN(C)C(CN)c2cc(Br)cs2)cs1. The number of nitrogens with two attached hydrogens (primary N) is 1. The van der Waals surface area contributed by atoms with Crippen LogP contribution in [0.1, 0.15) is 21.6 Å². The molecular weight excluding hydrogens is 330 g/mol. The number of likely N-dealkylation sites (N-methyl/N-ethyl adjacent to an activating group) is 1. The van der Waals surface area contributed by atoms with Gasteiger partial charge in [0.25, 0.3) is 0 Å². The van der Waals surface area contributed by atoms with Crippen LogP contribution in [0.15, 0.2) is 21.3 Å². The molecule has 18 heavy (non-hydrogen) atoms. The van der Waals surface area contributed by atoms with Crippen LogP contribution in [0, 0.1) is 6.92 Å². The molecule has 2 heterocycles. The van der Waals surface area contributed by atoms with Gasteiger partial charge < -0.3 is 5.73 Å². The van der Waals surface area contributed by atoms with Crippen molar-refractivity contribution in [2.24, 2.45) is 5.73 Å². The molecule has 3 nitrogen and oxygen atoms in total. The first-order valence-corrected chi connectivity index (χ1v) is 8.20. The first-order chi connectivity index (χ1) is 8.60. The summed E-state index contributed by atoms with van der Waals surface area (Å²) in [5, 5.41) is 5.32. The third-order valence-corrected chi connectivity index (χ3v) is 5.37. The minimum absolute atomic E-state index is 0.253. The number of thiazole rings is 1. The second kappa shape index (κ2) is 6.25. The van der Waals surface area contributed by atoms with Crippen LogP contribution in [-0.4, -0.2) is 23.5 Å². The van der Waals surface area contributed by atoms with E-state index in [0.29, 0.717) is 6.54 Å². The van der Waals surface area contributed by atoms with E-state index in [1.54, 1.807) is 22.7 Å². The molecule has 0 saturated carbocycles. The first-order valence-electron chi connectivity index (χ1n) is 5.65. The summed E-state index contributed by atoms with van der Waals surface area (Å²) in [7, 11) is 2.10. The molecule has 0 aliphatic carbocycles. The second-order valence-electron chi connectivity index (χ2n) is 4.19. The van der Waals surface area contributed by atoms with Crippen molar-refractivity contribution in [2.75, 3.05) is 13.6 Å². The molecule has 0 aliphatic heterocycles. The van der Waals surface area contributed by atoms with Crippen LogP contribution in [0.5, 0.6) is 0 Å². The van der Waals surface area contributed by atoms with Gasteiger partial charge in [0.1, 0.15) is 0 Å². The summed E-state index contributed by atoms with van der Waals surface area (Å²) in [5.41, 5.74) is 7.03. The van der Waals surface area contributed by atoms with Gasteiger partial charge >= 0.3 is 0 Å². The number of nitrogens with zero attached hydrogens (tertiary/aromatic N) is 2. The molecule has 0 aliphatic rings. The fourth-order valence-corrected chi connectivity index (χ4v) is 4.09. The largest absolute Gasteiger partial charge is 0.329 e. The van der Waals surface area contributed by atoms with Crippen LogP contribution in [0.2, 0.25) is 0 Å². The van der Waals surface area contributed by atoms with Crippen LogP contribution in [0.25, 0.3) is 0 Å². The third-order valence-electron chi connectivity index (χ3n) is 2.75. The van der Waals surface area contributed by atoms with Gasteiger partial charge in [0.2, 0.25) is 0 Å². The summed E-state index contributed by atoms with van der Waals surface area (Å²) in [6, 6.07) is 2.40. The van der Waals surface area contributed by atoms with Crippen LogP contribution < -0.4 is 5.73 Å². The number of hydrogen-bond acceptors (Lipinski definition) is 5. The molecule has 1 atom stereocenters. The van der Waals surface area contributed by atoms with E-state index in [1.165, 1.54) is 4.88 Å². The standard InChI is InChI=1S/C12H16BrN3S2/c1-8-15-10(7-17-8)5-16(2)11(4-14)12-3-9(13)6-18-12/h3,6-7,11H,4-5,14H2,1-2H3. The maximum absolute atomic E-state index is 5.91. The quantitative estimate of drug-likeness (QED) is 0.902.